The van der Waals surface area contributed by atoms with Crippen LogP contribution in [0.4, 0.5) is 5.69 Å². The Labute approximate surface area is 322 Å². The Morgan fingerprint density at radius 3 is 2.28 bits per heavy atom. The van der Waals surface area contributed by atoms with Gasteiger partial charge in [0.15, 0.2) is 0 Å². The van der Waals surface area contributed by atoms with Gasteiger partial charge in [0.1, 0.15) is 0 Å². The fourth-order valence-electron chi connectivity index (χ4n) is 6.95. The summed E-state index contributed by atoms with van der Waals surface area (Å²) in [5.74, 6) is 6.54. The molecule has 0 amide bonds. The number of aryl methyl sites for hydroxylation is 1. The third-order valence-electron chi connectivity index (χ3n) is 9.90. The Hall–Kier alpha value is -4.21. The van der Waals surface area contributed by atoms with Crippen LogP contribution in [0.1, 0.15) is 39.9 Å². The molecular weight excluding hydrogens is 725 g/mol. The summed E-state index contributed by atoms with van der Waals surface area (Å²) >= 11 is 12.7. The first-order chi connectivity index (χ1) is 25.7. The topological polar surface area (TPSA) is 86.6 Å². The number of piperazine rings is 1. The van der Waals surface area contributed by atoms with Gasteiger partial charge in [0, 0.05) is 111 Å². The van der Waals surface area contributed by atoms with Gasteiger partial charge < -0.3 is 10.2 Å². The molecule has 2 aliphatic heterocycles. The molecule has 9 nitrogen and oxygen atoms in total. The SMILES string of the molecule is CS(=O)(=O)N1CCc2c(c(-c3ccc(Cl)c(C#Cc4ccc(CNCc5ccc(Cl)cc5)cc4)c3)nn2CCCN2CCN(c3cccnc3)CC2)C1. The van der Waals surface area contributed by atoms with Gasteiger partial charge in [0.2, 0.25) is 10.0 Å². The summed E-state index contributed by atoms with van der Waals surface area (Å²) in [5.41, 5.74) is 8.81. The van der Waals surface area contributed by atoms with Crippen LogP contribution in [0, 0.1) is 11.8 Å². The Kier molecular flexibility index (Phi) is 11.8. The standard InChI is InChI=1S/C41H43Cl2N7O2S/c1-53(51,52)49-21-17-40-38(30-49)41(46-50(40)20-3-19-47-22-24-48(25-23-47)37-4-2-18-44-29-37)35-13-16-39(43)34(26-35)12-9-31-5-7-32(8-6-31)27-45-28-33-10-14-36(42)15-11-33/h2,4-8,10-11,13-16,18,26,29,45H,3,17,19-25,27-28,30H2,1H3. The first-order valence-corrected chi connectivity index (χ1v) is 20.6. The highest BCUT2D eigenvalue weighted by atomic mass is 35.5. The molecule has 53 heavy (non-hydrogen) atoms. The lowest BCUT2D eigenvalue weighted by molar-refractivity contribution is 0.248. The quantitative estimate of drug-likeness (QED) is 0.154. The van der Waals surface area contributed by atoms with Crippen LogP contribution in [0.25, 0.3) is 11.3 Å². The minimum Gasteiger partial charge on any atom is -0.368 e. The highest BCUT2D eigenvalue weighted by Crippen LogP contribution is 2.33. The molecule has 274 valence electrons. The molecule has 0 spiro atoms. The van der Waals surface area contributed by atoms with E-state index in [1.54, 1.807) is 4.31 Å². The summed E-state index contributed by atoms with van der Waals surface area (Å²) in [6, 6.07) is 25.9. The molecular formula is C41H43Cl2N7O2S. The number of anilines is 1. The number of fused-ring (bicyclic) bond motifs is 1. The highest BCUT2D eigenvalue weighted by molar-refractivity contribution is 7.88. The molecule has 1 saturated heterocycles. The van der Waals surface area contributed by atoms with Crippen LogP contribution in [-0.4, -0.2) is 77.9 Å². The second-order valence-corrected chi connectivity index (χ2v) is 16.4. The zero-order chi connectivity index (χ0) is 36.8. The van der Waals surface area contributed by atoms with Crippen LogP contribution in [0.3, 0.4) is 0 Å². The molecule has 1 fully saturated rings. The van der Waals surface area contributed by atoms with E-state index in [-0.39, 0.29) is 0 Å². The molecule has 3 aromatic carbocycles. The molecule has 4 heterocycles. The van der Waals surface area contributed by atoms with E-state index in [4.69, 9.17) is 28.3 Å². The fourth-order valence-corrected chi connectivity index (χ4v) is 8.03. The molecule has 0 saturated carbocycles. The number of aromatic nitrogens is 3. The Bertz CT molecular complexity index is 2190. The number of halogens is 2. The molecule has 2 aliphatic rings. The van der Waals surface area contributed by atoms with E-state index in [9.17, 15) is 8.42 Å². The normalized spacial score (nSPS) is 15.2. The predicted molar refractivity (Wildman–Crippen MR) is 214 cm³/mol. The second-order valence-electron chi connectivity index (χ2n) is 13.6. The molecule has 5 aromatic rings. The Balaban J connectivity index is 1.03. The second kappa shape index (κ2) is 16.9. The minimum absolute atomic E-state index is 0.296. The molecule has 0 bridgehead atoms. The third kappa shape index (κ3) is 9.48. The van der Waals surface area contributed by atoms with Gasteiger partial charge in [-0.2, -0.15) is 9.40 Å². The molecule has 0 unspecified atom stereocenters. The van der Waals surface area contributed by atoms with Crippen LogP contribution in [0.5, 0.6) is 0 Å². The maximum Gasteiger partial charge on any atom is 0.211 e. The van der Waals surface area contributed by atoms with Gasteiger partial charge in [-0.05, 0) is 66.1 Å². The van der Waals surface area contributed by atoms with E-state index in [1.165, 1.54) is 17.5 Å². The van der Waals surface area contributed by atoms with E-state index >= 15 is 0 Å². The van der Waals surface area contributed by atoms with Crippen LogP contribution in [0.15, 0.2) is 91.3 Å². The van der Waals surface area contributed by atoms with Crippen molar-refractivity contribution in [2.75, 3.05) is 50.4 Å². The molecule has 1 N–H and O–H groups in total. The summed E-state index contributed by atoms with van der Waals surface area (Å²) in [5, 5.41) is 9.87. The van der Waals surface area contributed by atoms with Gasteiger partial charge in [-0.1, -0.05) is 65.4 Å². The van der Waals surface area contributed by atoms with E-state index < -0.39 is 10.0 Å². The van der Waals surface area contributed by atoms with Gasteiger partial charge in [0.25, 0.3) is 0 Å². The number of sulfonamides is 1. The van der Waals surface area contributed by atoms with Crippen LogP contribution in [-0.2, 0) is 42.6 Å². The summed E-state index contributed by atoms with van der Waals surface area (Å²) in [4.78, 5) is 9.16. The average molecular weight is 769 g/mol. The molecule has 7 rings (SSSR count). The molecule has 0 radical (unpaired) electrons. The van der Waals surface area contributed by atoms with E-state index in [2.05, 4.69) is 54.8 Å². The summed E-state index contributed by atoms with van der Waals surface area (Å²) in [6.07, 6.45) is 6.58. The predicted octanol–water partition coefficient (Wildman–Crippen LogP) is 6.47. The first kappa shape index (κ1) is 37.1. The third-order valence-corrected chi connectivity index (χ3v) is 11.7. The smallest absolute Gasteiger partial charge is 0.211 e. The van der Waals surface area contributed by atoms with Gasteiger partial charge in [-0.25, -0.2) is 8.42 Å². The van der Waals surface area contributed by atoms with Gasteiger partial charge in [-0.15, -0.1) is 0 Å². The summed E-state index contributed by atoms with van der Waals surface area (Å²) in [6.45, 7) is 7.93. The van der Waals surface area contributed by atoms with E-state index in [0.717, 1.165) is 97.4 Å². The number of hydrogen-bond acceptors (Lipinski definition) is 7. The first-order valence-electron chi connectivity index (χ1n) is 18.0. The number of nitrogens with one attached hydrogen (secondary N) is 1. The lowest BCUT2D eigenvalue weighted by Crippen LogP contribution is -2.46. The highest BCUT2D eigenvalue weighted by Gasteiger charge is 2.30. The lowest BCUT2D eigenvalue weighted by Gasteiger charge is -2.36. The van der Waals surface area contributed by atoms with E-state index in [0.29, 0.717) is 30.1 Å². The van der Waals surface area contributed by atoms with Crippen molar-refractivity contribution in [3.63, 3.8) is 0 Å². The molecule has 0 aliphatic carbocycles. The summed E-state index contributed by atoms with van der Waals surface area (Å²) in [7, 11) is -3.36. The number of rotatable bonds is 11. The molecule has 2 aromatic heterocycles. The van der Waals surface area contributed by atoms with Gasteiger partial charge in [0.05, 0.1) is 28.9 Å². The van der Waals surface area contributed by atoms with Crippen LogP contribution < -0.4 is 10.2 Å². The van der Waals surface area contributed by atoms with Crippen molar-refractivity contribution in [2.45, 2.75) is 39.0 Å². The monoisotopic (exact) mass is 767 g/mol. The van der Waals surface area contributed by atoms with Gasteiger partial charge in [-0.3, -0.25) is 14.6 Å². The van der Waals surface area contributed by atoms with Crippen molar-refractivity contribution >= 4 is 38.9 Å². The zero-order valence-corrected chi connectivity index (χ0v) is 32.1. The van der Waals surface area contributed by atoms with Crippen molar-refractivity contribution in [3.05, 3.63) is 135 Å². The number of hydrogen-bond donors (Lipinski definition) is 1. The molecule has 0 atom stereocenters. The average Bonchev–Trinajstić information content (AvgIpc) is 3.54. The van der Waals surface area contributed by atoms with Crippen molar-refractivity contribution in [1.29, 1.82) is 0 Å². The maximum absolute atomic E-state index is 12.6. The lowest BCUT2D eigenvalue weighted by atomic mass is 10.0. The van der Waals surface area contributed by atoms with Crippen LogP contribution in [0.2, 0.25) is 10.0 Å². The Morgan fingerprint density at radius 2 is 1.58 bits per heavy atom. The van der Waals surface area contributed by atoms with Crippen molar-refractivity contribution in [2.24, 2.45) is 0 Å². The minimum atomic E-state index is -3.36. The van der Waals surface area contributed by atoms with Crippen molar-refractivity contribution in [1.82, 2.24) is 29.3 Å². The fraction of sp³-hybridized carbons (Fsp3) is 0.317. The van der Waals surface area contributed by atoms with Crippen LogP contribution >= 0.6 is 23.2 Å². The van der Waals surface area contributed by atoms with E-state index in [1.807, 2.05) is 73.1 Å². The zero-order valence-electron chi connectivity index (χ0n) is 29.8. The largest absolute Gasteiger partial charge is 0.368 e. The maximum atomic E-state index is 12.6. The van der Waals surface area contributed by atoms with Gasteiger partial charge >= 0.3 is 0 Å². The number of pyridine rings is 1. The number of benzene rings is 3. The van der Waals surface area contributed by atoms with Crippen molar-refractivity contribution < 1.29 is 8.42 Å². The molecule has 12 heteroatoms. The number of nitrogens with zero attached hydrogens (tertiary/aromatic N) is 6. The summed E-state index contributed by atoms with van der Waals surface area (Å²) < 4.78 is 28.9. The van der Waals surface area contributed by atoms with Crippen molar-refractivity contribution in [3.8, 4) is 23.1 Å². The Morgan fingerprint density at radius 1 is 0.849 bits per heavy atom.